The molecule has 0 radical (unpaired) electrons. The van der Waals surface area contributed by atoms with Crippen molar-refractivity contribution < 1.29 is 14.2 Å². The van der Waals surface area contributed by atoms with Crippen LogP contribution in [-0.4, -0.2) is 42.5 Å². The first-order valence-electron chi connectivity index (χ1n) is 11.2. The topological polar surface area (TPSA) is 34.2 Å². The molecule has 3 aliphatic rings. The minimum Gasteiger partial charge on any atom is -0.489 e. The summed E-state index contributed by atoms with van der Waals surface area (Å²) in [7, 11) is 3.91. The molecule has 0 aromatic heterocycles. The van der Waals surface area contributed by atoms with Gasteiger partial charge in [-0.3, -0.25) is 0 Å². The second kappa shape index (κ2) is 8.94. The minimum absolute atomic E-state index is 0.115. The molecule has 5 heteroatoms. The van der Waals surface area contributed by atoms with Gasteiger partial charge in [0.2, 0.25) is 0 Å². The van der Waals surface area contributed by atoms with Crippen molar-refractivity contribution in [2.45, 2.75) is 37.3 Å². The van der Waals surface area contributed by atoms with E-state index in [1.807, 2.05) is 43.5 Å². The lowest BCUT2D eigenvalue weighted by Gasteiger charge is -2.50. The predicted molar refractivity (Wildman–Crippen MR) is 125 cm³/mol. The van der Waals surface area contributed by atoms with E-state index in [1.54, 1.807) is 0 Å². The molecule has 1 fully saturated rings. The molecule has 2 aromatic rings. The van der Waals surface area contributed by atoms with Gasteiger partial charge in [0.15, 0.2) is 0 Å². The SMILES string of the molecule is COC1(N2C3C=CC=CC3=CN2C)CCOC(c2ccccc2OCc2ccccc2)C1. The standard InChI is InChI=1S/C27H30N2O3/c1-28-19-22-12-6-8-14-24(22)29(28)27(30-2)16-17-31-26(18-27)23-13-7-9-15-25(23)32-20-21-10-4-3-5-11-21/h3-15,19,24,26H,16-18,20H2,1-2H3. The monoisotopic (exact) mass is 430 g/mol. The van der Waals surface area contributed by atoms with E-state index in [-0.39, 0.29) is 12.1 Å². The molecule has 5 rings (SSSR count). The van der Waals surface area contributed by atoms with Crippen molar-refractivity contribution in [2.75, 3.05) is 20.8 Å². The van der Waals surface area contributed by atoms with Gasteiger partial charge in [-0.15, -0.1) is 0 Å². The van der Waals surface area contributed by atoms with Crippen molar-refractivity contribution >= 4 is 0 Å². The molecule has 3 unspecified atom stereocenters. The Morgan fingerprint density at radius 2 is 1.88 bits per heavy atom. The van der Waals surface area contributed by atoms with Gasteiger partial charge in [-0.1, -0.05) is 72.8 Å². The maximum Gasteiger partial charge on any atom is 0.144 e. The van der Waals surface area contributed by atoms with Crippen LogP contribution in [0.5, 0.6) is 5.75 Å². The van der Waals surface area contributed by atoms with Gasteiger partial charge in [0.1, 0.15) is 18.1 Å². The number of hydrogen-bond acceptors (Lipinski definition) is 5. The Morgan fingerprint density at radius 3 is 2.72 bits per heavy atom. The third kappa shape index (κ3) is 3.88. The van der Waals surface area contributed by atoms with E-state index >= 15 is 0 Å². The Morgan fingerprint density at radius 1 is 1.06 bits per heavy atom. The van der Waals surface area contributed by atoms with Crippen LogP contribution in [0.15, 0.2) is 90.7 Å². The van der Waals surface area contributed by atoms with E-state index in [0.717, 1.165) is 23.3 Å². The summed E-state index contributed by atoms with van der Waals surface area (Å²) in [4.78, 5) is 0. The molecular weight excluding hydrogens is 400 g/mol. The fraction of sp³-hybridized carbons (Fsp3) is 0.333. The second-order valence-corrected chi connectivity index (χ2v) is 8.51. The first-order valence-corrected chi connectivity index (χ1v) is 11.2. The van der Waals surface area contributed by atoms with E-state index in [0.29, 0.717) is 19.6 Å². The highest BCUT2D eigenvalue weighted by atomic mass is 16.5. The van der Waals surface area contributed by atoms with Crippen LogP contribution in [0.2, 0.25) is 0 Å². The number of fused-ring (bicyclic) bond motifs is 1. The van der Waals surface area contributed by atoms with Crippen LogP contribution in [0.4, 0.5) is 0 Å². The summed E-state index contributed by atoms with van der Waals surface area (Å²) in [6.45, 7) is 1.15. The van der Waals surface area contributed by atoms with E-state index in [9.17, 15) is 0 Å². The summed E-state index contributed by atoms with van der Waals surface area (Å²) < 4.78 is 18.8. The van der Waals surface area contributed by atoms with Crippen molar-refractivity contribution in [3.8, 4) is 5.75 Å². The first-order chi connectivity index (χ1) is 15.7. The van der Waals surface area contributed by atoms with E-state index < -0.39 is 5.72 Å². The summed E-state index contributed by atoms with van der Waals surface area (Å²) >= 11 is 0. The molecule has 0 bridgehead atoms. The van der Waals surface area contributed by atoms with E-state index in [4.69, 9.17) is 14.2 Å². The predicted octanol–water partition coefficient (Wildman–Crippen LogP) is 5.00. The average molecular weight is 431 g/mol. The van der Waals surface area contributed by atoms with Crippen LogP contribution in [-0.2, 0) is 16.1 Å². The Balaban J connectivity index is 1.39. The maximum atomic E-state index is 6.29. The highest BCUT2D eigenvalue weighted by Gasteiger charge is 2.49. The van der Waals surface area contributed by atoms with Crippen LogP contribution < -0.4 is 4.74 Å². The fourth-order valence-electron chi connectivity index (χ4n) is 5.01. The van der Waals surface area contributed by atoms with Crippen LogP contribution in [0, 0.1) is 0 Å². The number of hydrazine groups is 1. The van der Waals surface area contributed by atoms with Gasteiger partial charge in [-0.25, -0.2) is 0 Å². The molecule has 3 atom stereocenters. The van der Waals surface area contributed by atoms with Crippen molar-refractivity contribution in [2.24, 2.45) is 0 Å². The summed E-state index contributed by atoms with van der Waals surface area (Å²) in [5.74, 6) is 0.863. The molecule has 32 heavy (non-hydrogen) atoms. The van der Waals surface area contributed by atoms with Gasteiger partial charge >= 0.3 is 0 Å². The van der Waals surface area contributed by atoms with Gasteiger partial charge in [0, 0.05) is 38.8 Å². The van der Waals surface area contributed by atoms with Gasteiger partial charge in [-0.2, -0.15) is 5.01 Å². The van der Waals surface area contributed by atoms with Crippen molar-refractivity contribution in [3.63, 3.8) is 0 Å². The molecule has 2 aliphatic heterocycles. The van der Waals surface area contributed by atoms with Gasteiger partial charge in [0.05, 0.1) is 18.8 Å². The molecule has 0 spiro atoms. The highest BCUT2D eigenvalue weighted by Crippen LogP contribution is 2.45. The third-order valence-corrected chi connectivity index (χ3v) is 6.59. The van der Waals surface area contributed by atoms with Gasteiger partial charge in [0.25, 0.3) is 0 Å². The van der Waals surface area contributed by atoms with Gasteiger partial charge in [-0.05, 0) is 17.2 Å². The average Bonchev–Trinajstić information content (AvgIpc) is 3.20. The second-order valence-electron chi connectivity index (χ2n) is 8.51. The molecule has 0 amide bonds. The number of nitrogens with zero attached hydrogens (tertiary/aromatic N) is 2. The number of benzene rings is 2. The third-order valence-electron chi connectivity index (χ3n) is 6.59. The van der Waals surface area contributed by atoms with Crippen LogP contribution >= 0.6 is 0 Å². The molecule has 0 saturated carbocycles. The Kier molecular flexibility index (Phi) is 5.87. The maximum absolute atomic E-state index is 6.29. The van der Waals surface area contributed by atoms with Crippen LogP contribution in [0.25, 0.3) is 0 Å². The van der Waals surface area contributed by atoms with Gasteiger partial charge < -0.3 is 19.2 Å². The quantitative estimate of drug-likeness (QED) is 0.644. The zero-order valence-corrected chi connectivity index (χ0v) is 18.7. The van der Waals surface area contributed by atoms with E-state index in [2.05, 4.69) is 65.8 Å². The summed E-state index contributed by atoms with van der Waals surface area (Å²) in [6, 6.07) is 18.6. The lowest BCUT2D eigenvalue weighted by Crippen LogP contribution is -2.60. The zero-order valence-electron chi connectivity index (χ0n) is 18.7. The molecule has 5 nitrogen and oxygen atoms in total. The number of rotatable bonds is 6. The Labute approximate surface area is 190 Å². The summed E-state index contributed by atoms with van der Waals surface area (Å²) in [5.41, 5.74) is 3.02. The molecular formula is C27H30N2O3. The normalized spacial score (nSPS) is 27.3. The highest BCUT2D eigenvalue weighted by molar-refractivity contribution is 5.39. The Bertz CT molecular complexity index is 1030. The molecule has 0 N–H and O–H groups in total. The van der Waals surface area contributed by atoms with Crippen LogP contribution in [0.1, 0.15) is 30.1 Å². The minimum atomic E-state index is -0.470. The molecule has 2 aromatic carbocycles. The number of para-hydroxylation sites is 1. The number of methoxy groups -OCH3 is 1. The van der Waals surface area contributed by atoms with Crippen molar-refractivity contribution in [1.29, 1.82) is 0 Å². The van der Waals surface area contributed by atoms with Crippen molar-refractivity contribution in [3.05, 3.63) is 102 Å². The lowest BCUT2D eigenvalue weighted by atomic mass is 9.91. The number of hydrogen-bond donors (Lipinski definition) is 0. The van der Waals surface area contributed by atoms with E-state index in [1.165, 1.54) is 5.57 Å². The zero-order chi connectivity index (χ0) is 22.0. The number of allylic oxidation sites excluding steroid dienone is 2. The fourth-order valence-corrected chi connectivity index (χ4v) is 5.01. The Hall–Kier alpha value is -2.86. The number of ether oxygens (including phenoxy) is 3. The van der Waals surface area contributed by atoms with Crippen LogP contribution in [0.3, 0.4) is 0 Å². The largest absolute Gasteiger partial charge is 0.489 e. The first kappa shape index (κ1) is 21.0. The molecule has 2 heterocycles. The summed E-state index contributed by atoms with van der Waals surface area (Å²) in [6.07, 6.45) is 12.2. The summed E-state index contributed by atoms with van der Waals surface area (Å²) in [5, 5.41) is 4.52. The lowest BCUT2D eigenvalue weighted by molar-refractivity contribution is -0.252. The van der Waals surface area contributed by atoms with Crippen molar-refractivity contribution in [1.82, 2.24) is 10.0 Å². The molecule has 1 saturated heterocycles. The smallest absolute Gasteiger partial charge is 0.144 e. The molecule has 166 valence electrons. The molecule has 1 aliphatic carbocycles.